The Kier molecular flexibility index (Phi) is 7.79. The Morgan fingerprint density at radius 2 is 2.09 bits per heavy atom. The van der Waals surface area contributed by atoms with Crippen LogP contribution in [0.2, 0.25) is 0 Å². The maximum Gasteiger partial charge on any atom is 1.00 e. The summed E-state index contributed by atoms with van der Waals surface area (Å²) in [6.07, 6.45) is 0.686. The van der Waals surface area contributed by atoms with Gasteiger partial charge in [0.15, 0.2) is 0 Å². The van der Waals surface area contributed by atoms with Crippen LogP contribution in [-0.4, -0.2) is 24.2 Å². The van der Waals surface area contributed by atoms with Gasteiger partial charge in [-0.1, -0.05) is 13.8 Å². The zero-order valence-corrected chi connectivity index (χ0v) is 7.94. The Morgan fingerprint density at radius 1 is 1.64 bits per heavy atom. The number of hydrogen-bond donors (Lipinski definition) is 2. The molecule has 0 aromatic heterocycles. The number of carboxylic acids is 1. The lowest BCUT2D eigenvalue weighted by atomic mass is 10.0. The highest BCUT2D eigenvalue weighted by Crippen LogP contribution is 2.03. The van der Waals surface area contributed by atoms with Gasteiger partial charge >= 0.3 is 7.40 Å². The molecule has 2 N–H and O–H groups in total. The number of rotatable bonds is 4. The molecule has 0 aliphatic rings. The molecule has 0 aromatic carbocycles. The monoisotopic (exact) mass is 182 g/mol. The van der Waals surface area contributed by atoms with E-state index in [1.54, 1.807) is 7.05 Å². The molecular weight excluding hydrogens is 166 g/mol. The number of aliphatic carboxylic acids is 1. The van der Waals surface area contributed by atoms with Gasteiger partial charge < -0.3 is 10.4 Å². The van der Waals surface area contributed by atoms with E-state index in [1.807, 2.05) is 13.8 Å². The van der Waals surface area contributed by atoms with Crippen molar-refractivity contribution in [3.63, 3.8) is 0 Å². The second kappa shape index (κ2) is 6.43. The van der Waals surface area contributed by atoms with Crippen molar-refractivity contribution in [2.75, 3.05) is 7.05 Å². The second-order valence-corrected chi connectivity index (χ2v) is 2.81. The minimum atomic E-state index is -0.767. The number of likely N-dealkylation sites (N-methyl/N-ethyl adjacent to an activating group) is 1. The molecule has 0 saturated carbocycles. The molecule has 0 aromatic rings. The highest BCUT2D eigenvalue weighted by Gasteiger charge is 2.15. The molecule has 0 unspecified atom stereocenters. The summed E-state index contributed by atoms with van der Waals surface area (Å²) in [6, 6.07) is -0.389. The third kappa shape index (κ3) is 6.13. The van der Waals surface area contributed by atoms with Crippen LogP contribution < -0.4 is 5.32 Å². The topological polar surface area (TPSA) is 49.3 Å². The second-order valence-electron chi connectivity index (χ2n) is 2.81. The first-order chi connectivity index (χ1) is 4.57. The van der Waals surface area contributed by atoms with Gasteiger partial charge in [0.25, 0.3) is 0 Å². The highest BCUT2D eigenvalue weighted by molar-refractivity contribution is 5.85. The number of carbonyl (C=O) groups is 1. The molecular formula is C7H17ClNO2+. The van der Waals surface area contributed by atoms with Crippen molar-refractivity contribution in [3.8, 4) is 0 Å². The lowest BCUT2D eigenvalue weighted by molar-refractivity contribution is -0.139. The molecule has 0 radical (unpaired) electrons. The van der Waals surface area contributed by atoms with Crippen molar-refractivity contribution in [1.82, 2.24) is 5.32 Å². The summed E-state index contributed by atoms with van der Waals surface area (Å²) in [5.41, 5.74) is 0. The zero-order chi connectivity index (χ0) is 8.15. The molecule has 0 heterocycles. The molecule has 0 saturated heterocycles. The third-order valence-corrected chi connectivity index (χ3v) is 1.35. The van der Waals surface area contributed by atoms with E-state index in [-0.39, 0.29) is 19.9 Å². The van der Waals surface area contributed by atoms with Crippen molar-refractivity contribution in [3.05, 3.63) is 0 Å². The molecule has 4 heteroatoms. The van der Waals surface area contributed by atoms with Crippen LogP contribution >= 0.6 is 12.4 Å². The van der Waals surface area contributed by atoms with E-state index in [0.29, 0.717) is 12.3 Å². The number of halogens is 1. The number of nitrogens with one attached hydrogen (secondary N) is 1. The summed E-state index contributed by atoms with van der Waals surface area (Å²) >= 11 is 0. The van der Waals surface area contributed by atoms with Crippen LogP contribution in [0.3, 0.4) is 0 Å². The van der Waals surface area contributed by atoms with Gasteiger partial charge in [0.05, 0.1) is 0 Å². The van der Waals surface area contributed by atoms with E-state index in [0.717, 1.165) is 0 Å². The summed E-state index contributed by atoms with van der Waals surface area (Å²) in [5.74, 6) is -0.343. The Labute approximate surface area is 75.1 Å². The van der Waals surface area contributed by atoms with Crippen molar-refractivity contribution in [1.29, 1.82) is 0 Å². The standard InChI is InChI=1S/C7H15NO2.ClH/c1-5(2)4-6(8-3)7(9)10;/h5-6,8H,4H2,1-3H3,(H,9,10);1H/p+1/t6-;/m0./s1. The summed E-state index contributed by atoms with van der Waals surface area (Å²) in [4.78, 5) is 10.4. The predicted octanol–water partition coefficient (Wildman–Crippen LogP) is 1.24. The first-order valence-corrected chi connectivity index (χ1v) is 3.48. The quantitative estimate of drug-likeness (QED) is 0.688. The number of carboxylic acid groups (broad SMARTS) is 1. The van der Waals surface area contributed by atoms with Crippen LogP contribution in [0.15, 0.2) is 0 Å². The molecule has 0 fully saturated rings. The van der Waals surface area contributed by atoms with E-state index in [1.165, 1.54) is 0 Å². The van der Waals surface area contributed by atoms with Gasteiger partial charge in [-0.15, -0.1) is 12.4 Å². The Bertz CT molecular complexity index is 122. The Balaban J connectivity index is -0.000000405. The van der Waals surface area contributed by atoms with E-state index >= 15 is 0 Å². The fourth-order valence-electron chi connectivity index (χ4n) is 0.814. The van der Waals surface area contributed by atoms with Crippen LogP contribution in [0.4, 0.5) is 0 Å². The largest absolute Gasteiger partial charge is 1.00 e. The molecule has 0 amide bonds. The van der Waals surface area contributed by atoms with Gasteiger partial charge in [0, 0.05) is 0 Å². The highest BCUT2D eigenvalue weighted by atomic mass is 35.5. The third-order valence-electron chi connectivity index (χ3n) is 1.35. The summed E-state index contributed by atoms with van der Waals surface area (Å²) in [5, 5.41) is 11.3. The molecule has 0 rings (SSSR count). The van der Waals surface area contributed by atoms with Crippen LogP contribution in [0, 0.1) is 5.92 Å². The van der Waals surface area contributed by atoms with Crippen LogP contribution in [0.25, 0.3) is 0 Å². The molecule has 11 heavy (non-hydrogen) atoms. The van der Waals surface area contributed by atoms with E-state index in [4.69, 9.17) is 5.11 Å². The van der Waals surface area contributed by atoms with Gasteiger partial charge in [-0.05, 0) is 19.4 Å². The van der Waals surface area contributed by atoms with Crippen molar-refractivity contribution < 1.29 is 11.3 Å². The van der Waals surface area contributed by atoms with Gasteiger partial charge in [-0.3, -0.25) is 4.79 Å². The average molecular weight is 183 g/mol. The first-order valence-electron chi connectivity index (χ1n) is 3.48. The fraction of sp³-hybridized carbons (Fsp3) is 0.857. The summed E-state index contributed by atoms with van der Waals surface area (Å²) in [6.45, 7) is 4.01. The minimum absolute atomic E-state index is 0. The molecule has 0 spiro atoms. The van der Waals surface area contributed by atoms with Crippen molar-refractivity contribution in [2.45, 2.75) is 26.3 Å². The molecule has 1 atom stereocenters. The predicted molar refractivity (Wildman–Crippen MR) is 48.3 cm³/mol. The molecule has 0 aliphatic heterocycles. The van der Waals surface area contributed by atoms with Crippen molar-refractivity contribution in [2.24, 2.45) is 5.92 Å². The minimum Gasteiger partial charge on any atom is -0.480 e. The number of hydrogen-bond acceptors (Lipinski definition) is 2. The molecule has 0 aliphatic carbocycles. The van der Waals surface area contributed by atoms with E-state index in [2.05, 4.69) is 5.32 Å². The summed E-state index contributed by atoms with van der Waals surface area (Å²) < 4.78 is 0. The SMILES string of the molecule is CN[C@@H](CC(C)C)C(=O)O.Cl.[H+]. The summed E-state index contributed by atoms with van der Waals surface area (Å²) in [7, 11) is 1.67. The van der Waals surface area contributed by atoms with Gasteiger partial charge in [0.2, 0.25) is 0 Å². The van der Waals surface area contributed by atoms with E-state index < -0.39 is 5.97 Å². The van der Waals surface area contributed by atoms with Crippen molar-refractivity contribution >= 4 is 18.4 Å². The zero-order valence-electron chi connectivity index (χ0n) is 8.13. The molecule has 68 valence electrons. The van der Waals surface area contributed by atoms with Crippen LogP contribution in [-0.2, 0) is 4.79 Å². The maximum atomic E-state index is 10.4. The smallest absolute Gasteiger partial charge is 0.480 e. The van der Waals surface area contributed by atoms with Gasteiger partial charge in [-0.25, -0.2) is 0 Å². The first kappa shape index (κ1) is 13.3. The lowest BCUT2D eigenvalue weighted by Crippen LogP contribution is -2.34. The Morgan fingerprint density at radius 3 is 2.18 bits per heavy atom. The lowest BCUT2D eigenvalue weighted by Gasteiger charge is -2.12. The van der Waals surface area contributed by atoms with Crippen LogP contribution in [0.1, 0.15) is 21.7 Å². The van der Waals surface area contributed by atoms with E-state index in [9.17, 15) is 4.79 Å². The normalized spacial score (nSPS) is 12.4. The Hall–Kier alpha value is -0.280. The average Bonchev–Trinajstić information content (AvgIpc) is 1.81. The fourth-order valence-corrected chi connectivity index (χ4v) is 0.814. The van der Waals surface area contributed by atoms with Crippen LogP contribution in [0.5, 0.6) is 0 Å². The van der Waals surface area contributed by atoms with Gasteiger partial charge in [0.1, 0.15) is 6.04 Å². The molecule has 0 bridgehead atoms. The molecule has 3 nitrogen and oxygen atoms in total. The maximum absolute atomic E-state index is 10.4. The van der Waals surface area contributed by atoms with Gasteiger partial charge in [-0.2, -0.15) is 0 Å².